The Bertz CT molecular complexity index is 908. The second-order valence-electron chi connectivity index (χ2n) is 5.46. The van der Waals surface area contributed by atoms with E-state index in [4.69, 9.17) is 12.2 Å². The van der Waals surface area contributed by atoms with Gasteiger partial charge in [0.15, 0.2) is 5.11 Å². The van der Waals surface area contributed by atoms with E-state index in [-0.39, 0.29) is 10.7 Å². The van der Waals surface area contributed by atoms with Crippen molar-refractivity contribution in [2.45, 2.75) is 13.3 Å². The van der Waals surface area contributed by atoms with Crippen LogP contribution in [-0.4, -0.2) is 16.9 Å². The fourth-order valence-electron chi connectivity index (χ4n) is 2.65. The summed E-state index contributed by atoms with van der Waals surface area (Å²) in [6.45, 7) is 2.01. The molecule has 1 N–H and O–H groups in total. The van der Waals surface area contributed by atoms with Crippen molar-refractivity contribution in [3.05, 3.63) is 68.8 Å². The summed E-state index contributed by atoms with van der Waals surface area (Å²) in [6, 6.07) is 15.1. The zero-order chi connectivity index (χ0) is 18.0. The number of carbonyl (C=O) groups is 2. The number of para-hydroxylation sites is 1. The molecule has 3 rings (SSSR count). The number of amides is 2. The highest BCUT2D eigenvalue weighted by atomic mass is 127. The molecule has 2 aromatic carbocycles. The monoisotopic (exact) mass is 462 g/mol. The average Bonchev–Trinajstić information content (AvgIpc) is 2.60. The maximum Gasteiger partial charge on any atom is 0.270 e. The number of nitrogens with zero attached hydrogens (tertiary/aromatic N) is 1. The number of anilines is 1. The van der Waals surface area contributed by atoms with Gasteiger partial charge in [-0.3, -0.25) is 19.8 Å². The fraction of sp³-hybridized carbons (Fsp3) is 0.105. The minimum Gasteiger partial charge on any atom is -0.298 e. The van der Waals surface area contributed by atoms with Crippen molar-refractivity contribution in [1.29, 1.82) is 0 Å². The Balaban J connectivity index is 2.08. The number of nitrogens with one attached hydrogen (secondary N) is 1. The summed E-state index contributed by atoms with van der Waals surface area (Å²) in [5.41, 5.74) is 2.58. The number of hydrogen-bond donors (Lipinski definition) is 1. The summed E-state index contributed by atoms with van der Waals surface area (Å²) in [4.78, 5) is 26.8. The molecule has 2 amide bonds. The molecule has 1 aliphatic heterocycles. The van der Waals surface area contributed by atoms with E-state index in [1.54, 1.807) is 6.08 Å². The molecule has 6 heteroatoms. The van der Waals surface area contributed by atoms with Gasteiger partial charge in [-0.05, 0) is 70.6 Å². The SMILES string of the molecule is CCc1ccccc1N1C(=O)/C(=C/c2ccccc2I)C(=O)NC1=S. The lowest BCUT2D eigenvalue weighted by Crippen LogP contribution is -2.54. The first-order valence-electron chi connectivity index (χ1n) is 7.76. The average molecular weight is 462 g/mol. The van der Waals surface area contributed by atoms with Crippen LogP contribution in [0.3, 0.4) is 0 Å². The van der Waals surface area contributed by atoms with Gasteiger partial charge in [0, 0.05) is 3.57 Å². The predicted molar refractivity (Wildman–Crippen MR) is 111 cm³/mol. The van der Waals surface area contributed by atoms with Gasteiger partial charge in [-0.2, -0.15) is 0 Å². The lowest BCUT2D eigenvalue weighted by Gasteiger charge is -2.30. The lowest BCUT2D eigenvalue weighted by atomic mass is 10.0. The summed E-state index contributed by atoms with van der Waals surface area (Å²) in [5.74, 6) is -0.880. The van der Waals surface area contributed by atoms with Crippen LogP contribution in [0, 0.1) is 3.57 Å². The number of benzene rings is 2. The number of carbonyl (C=O) groups excluding carboxylic acids is 2. The molecule has 0 bridgehead atoms. The Hall–Kier alpha value is -2.06. The molecule has 25 heavy (non-hydrogen) atoms. The van der Waals surface area contributed by atoms with Crippen molar-refractivity contribution in [2.24, 2.45) is 0 Å². The van der Waals surface area contributed by atoms with Crippen LogP contribution < -0.4 is 10.2 Å². The maximum atomic E-state index is 13.0. The third kappa shape index (κ3) is 3.50. The molecule has 126 valence electrons. The summed E-state index contributed by atoms with van der Waals surface area (Å²) >= 11 is 7.43. The molecule has 4 nitrogen and oxygen atoms in total. The van der Waals surface area contributed by atoms with Crippen LogP contribution in [-0.2, 0) is 16.0 Å². The van der Waals surface area contributed by atoms with Gasteiger partial charge in [0.2, 0.25) is 0 Å². The minimum atomic E-state index is -0.472. The molecule has 0 unspecified atom stereocenters. The van der Waals surface area contributed by atoms with Gasteiger partial charge in [0.25, 0.3) is 11.8 Å². The van der Waals surface area contributed by atoms with Gasteiger partial charge in [-0.1, -0.05) is 43.3 Å². The molecular formula is C19H15IN2O2S. The second-order valence-corrected chi connectivity index (χ2v) is 7.01. The number of thiocarbonyl (C=S) groups is 1. The van der Waals surface area contributed by atoms with E-state index in [1.165, 1.54) is 4.90 Å². The molecule has 1 heterocycles. The highest BCUT2D eigenvalue weighted by Gasteiger charge is 2.35. The minimum absolute atomic E-state index is 0.0728. The van der Waals surface area contributed by atoms with Gasteiger partial charge in [-0.25, -0.2) is 0 Å². The molecule has 0 saturated carbocycles. The van der Waals surface area contributed by atoms with E-state index in [9.17, 15) is 9.59 Å². The molecular weight excluding hydrogens is 447 g/mol. The lowest BCUT2D eigenvalue weighted by molar-refractivity contribution is -0.122. The predicted octanol–water partition coefficient (Wildman–Crippen LogP) is 3.68. The van der Waals surface area contributed by atoms with Crippen LogP contribution in [0.15, 0.2) is 54.1 Å². The maximum absolute atomic E-state index is 13.0. The number of aryl methyl sites for hydroxylation is 1. The molecule has 0 radical (unpaired) electrons. The van der Waals surface area contributed by atoms with Crippen molar-refractivity contribution in [3.8, 4) is 0 Å². The van der Waals surface area contributed by atoms with Crippen LogP contribution in [0.4, 0.5) is 5.69 Å². The van der Waals surface area contributed by atoms with Gasteiger partial charge in [0.05, 0.1) is 5.69 Å². The summed E-state index contributed by atoms with van der Waals surface area (Å²) in [6.07, 6.45) is 2.37. The Morgan fingerprint density at radius 3 is 2.52 bits per heavy atom. The van der Waals surface area contributed by atoms with E-state index in [2.05, 4.69) is 27.9 Å². The van der Waals surface area contributed by atoms with Gasteiger partial charge < -0.3 is 0 Å². The zero-order valence-corrected chi connectivity index (χ0v) is 16.4. The standard InChI is InChI=1S/C19H15IN2O2S/c1-2-12-7-4-6-10-16(12)22-18(24)14(17(23)21-19(22)25)11-13-8-3-5-9-15(13)20/h3-11H,2H2,1H3,(H,21,23,25)/b14-11+. The molecule has 1 aliphatic rings. The number of rotatable bonds is 3. The molecule has 0 atom stereocenters. The van der Waals surface area contributed by atoms with Crippen LogP contribution in [0.1, 0.15) is 18.1 Å². The van der Waals surface area contributed by atoms with Crippen LogP contribution >= 0.6 is 34.8 Å². The second kappa shape index (κ2) is 7.45. The quantitative estimate of drug-likeness (QED) is 0.328. The first kappa shape index (κ1) is 17.8. The van der Waals surface area contributed by atoms with Crippen molar-refractivity contribution in [2.75, 3.05) is 4.90 Å². The third-order valence-electron chi connectivity index (χ3n) is 3.92. The van der Waals surface area contributed by atoms with E-state index >= 15 is 0 Å². The molecule has 2 aromatic rings. The Morgan fingerprint density at radius 2 is 1.80 bits per heavy atom. The topological polar surface area (TPSA) is 49.4 Å². The number of halogens is 1. The molecule has 0 aliphatic carbocycles. The molecule has 0 aromatic heterocycles. The summed E-state index contributed by atoms with van der Waals surface area (Å²) in [7, 11) is 0. The van der Waals surface area contributed by atoms with Crippen LogP contribution in [0.25, 0.3) is 6.08 Å². The van der Waals surface area contributed by atoms with Crippen molar-refractivity contribution >= 4 is 63.5 Å². The molecule has 1 fully saturated rings. The largest absolute Gasteiger partial charge is 0.298 e. The summed E-state index contributed by atoms with van der Waals surface area (Å²) < 4.78 is 0.960. The van der Waals surface area contributed by atoms with E-state index in [0.29, 0.717) is 5.69 Å². The third-order valence-corrected chi connectivity index (χ3v) is 5.19. The van der Waals surface area contributed by atoms with E-state index in [0.717, 1.165) is 21.1 Å². The van der Waals surface area contributed by atoms with Gasteiger partial charge in [0.1, 0.15) is 5.57 Å². The zero-order valence-electron chi connectivity index (χ0n) is 13.5. The molecule has 0 spiro atoms. The Kier molecular flexibility index (Phi) is 5.29. The van der Waals surface area contributed by atoms with Crippen molar-refractivity contribution < 1.29 is 9.59 Å². The van der Waals surface area contributed by atoms with Crippen LogP contribution in [0.5, 0.6) is 0 Å². The van der Waals surface area contributed by atoms with Gasteiger partial charge >= 0.3 is 0 Å². The Labute approximate surface area is 165 Å². The first-order valence-corrected chi connectivity index (χ1v) is 9.25. The molecule has 1 saturated heterocycles. The van der Waals surface area contributed by atoms with Gasteiger partial charge in [-0.15, -0.1) is 0 Å². The first-order chi connectivity index (χ1) is 12.0. The fourth-order valence-corrected chi connectivity index (χ4v) is 3.47. The van der Waals surface area contributed by atoms with E-state index < -0.39 is 11.8 Å². The van der Waals surface area contributed by atoms with Crippen molar-refractivity contribution in [1.82, 2.24) is 5.32 Å². The Morgan fingerprint density at radius 1 is 1.12 bits per heavy atom. The highest BCUT2D eigenvalue weighted by molar-refractivity contribution is 14.1. The highest BCUT2D eigenvalue weighted by Crippen LogP contribution is 2.26. The number of hydrogen-bond acceptors (Lipinski definition) is 3. The smallest absolute Gasteiger partial charge is 0.270 e. The van der Waals surface area contributed by atoms with Crippen LogP contribution in [0.2, 0.25) is 0 Å². The summed E-state index contributed by atoms with van der Waals surface area (Å²) in [5, 5.41) is 2.73. The van der Waals surface area contributed by atoms with E-state index in [1.807, 2.05) is 55.5 Å². The normalized spacial score (nSPS) is 16.3. The van der Waals surface area contributed by atoms with Crippen molar-refractivity contribution in [3.63, 3.8) is 0 Å².